The number of carbonyl (C=O) groups is 2. The number of nitrogens with zero attached hydrogens (tertiary/aromatic N) is 1. The van der Waals surface area contributed by atoms with Gasteiger partial charge in [-0.2, -0.15) is 0 Å². The number of amides is 2. The molecular formula is C21H24N2O3. The molecule has 0 saturated heterocycles. The Morgan fingerprint density at radius 3 is 2.62 bits per heavy atom. The van der Waals surface area contributed by atoms with Crippen LogP contribution in [0.15, 0.2) is 48.5 Å². The molecule has 0 saturated carbocycles. The zero-order valence-corrected chi connectivity index (χ0v) is 15.4. The third-order valence-corrected chi connectivity index (χ3v) is 4.40. The van der Waals surface area contributed by atoms with Gasteiger partial charge in [0.2, 0.25) is 5.91 Å². The molecule has 1 aliphatic heterocycles. The molecule has 2 aromatic rings. The Labute approximate surface area is 154 Å². The molecule has 0 bridgehead atoms. The summed E-state index contributed by atoms with van der Waals surface area (Å²) in [5, 5.41) is 2.89. The van der Waals surface area contributed by atoms with Crippen LogP contribution in [0.1, 0.15) is 37.6 Å². The standard InChI is InChI=1S/C21H24N2O3/c1-4-12-23-17-11-10-16(22-19(24)15-8-6-5-7-9-15)13-18(17)26-14-21(2,3)20(23)25/h5-11,13H,4,12,14H2,1-3H3,(H,22,24). The van der Waals surface area contributed by atoms with Crippen molar-refractivity contribution in [1.29, 1.82) is 0 Å². The van der Waals surface area contributed by atoms with E-state index in [-0.39, 0.29) is 11.8 Å². The summed E-state index contributed by atoms with van der Waals surface area (Å²) in [6.45, 7) is 6.76. The SMILES string of the molecule is CCCN1C(=O)C(C)(C)COc2cc(NC(=O)c3ccccc3)ccc21. The maximum absolute atomic E-state index is 12.8. The van der Waals surface area contributed by atoms with Crippen molar-refractivity contribution in [3.05, 3.63) is 54.1 Å². The van der Waals surface area contributed by atoms with Gasteiger partial charge in [0.25, 0.3) is 5.91 Å². The molecule has 0 atom stereocenters. The Kier molecular flexibility index (Phi) is 4.98. The van der Waals surface area contributed by atoms with E-state index in [9.17, 15) is 9.59 Å². The molecule has 2 aromatic carbocycles. The second kappa shape index (κ2) is 7.20. The van der Waals surface area contributed by atoms with Gasteiger partial charge in [-0.25, -0.2) is 0 Å². The zero-order chi connectivity index (χ0) is 18.7. The summed E-state index contributed by atoms with van der Waals surface area (Å²) in [6.07, 6.45) is 0.855. The molecule has 136 valence electrons. The van der Waals surface area contributed by atoms with Crippen molar-refractivity contribution in [3.63, 3.8) is 0 Å². The zero-order valence-electron chi connectivity index (χ0n) is 15.4. The molecule has 2 amide bonds. The highest BCUT2D eigenvalue weighted by atomic mass is 16.5. The molecule has 26 heavy (non-hydrogen) atoms. The van der Waals surface area contributed by atoms with Crippen LogP contribution in [0.3, 0.4) is 0 Å². The summed E-state index contributed by atoms with van der Waals surface area (Å²) < 4.78 is 5.92. The molecule has 1 aliphatic rings. The number of hydrogen-bond donors (Lipinski definition) is 1. The second-order valence-electron chi connectivity index (χ2n) is 7.13. The van der Waals surface area contributed by atoms with E-state index in [1.165, 1.54) is 0 Å². The van der Waals surface area contributed by atoms with Gasteiger partial charge in [-0.3, -0.25) is 9.59 Å². The van der Waals surface area contributed by atoms with Gasteiger partial charge in [-0.1, -0.05) is 25.1 Å². The van der Waals surface area contributed by atoms with Crippen molar-refractivity contribution < 1.29 is 14.3 Å². The highest BCUT2D eigenvalue weighted by molar-refractivity contribution is 6.05. The maximum Gasteiger partial charge on any atom is 0.255 e. The lowest BCUT2D eigenvalue weighted by molar-refractivity contribution is -0.127. The molecule has 0 unspecified atom stereocenters. The Hall–Kier alpha value is -2.82. The minimum atomic E-state index is -0.596. The normalized spacial score (nSPS) is 15.7. The average Bonchev–Trinajstić information content (AvgIpc) is 2.73. The lowest BCUT2D eigenvalue weighted by Gasteiger charge is -2.27. The fraction of sp³-hybridized carbons (Fsp3) is 0.333. The minimum Gasteiger partial charge on any atom is -0.490 e. The summed E-state index contributed by atoms with van der Waals surface area (Å²) >= 11 is 0. The molecule has 5 heteroatoms. The van der Waals surface area contributed by atoms with Crippen LogP contribution in [-0.2, 0) is 4.79 Å². The first kappa shape index (κ1) is 18.0. The molecule has 5 nitrogen and oxygen atoms in total. The molecule has 3 rings (SSSR count). The van der Waals surface area contributed by atoms with Gasteiger partial charge in [-0.05, 0) is 44.5 Å². The number of carbonyl (C=O) groups excluding carboxylic acids is 2. The van der Waals surface area contributed by atoms with E-state index in [0.29, 0.717) is 30.2 Å². The van der Waals surface area contributed by atoms with Crippen LogP contribution in [0.25, 0.3) is 0 Å². The van der Waals surface area contributed by atoms with Crippen molar-refractivity contribution in [3.8, 4) is 5.75 Å². The summed E-state index contributed by atoms with van der Waals surface area (Å²) in [5.41, 5.74) is 1.38. The number of ether oxygens (including phenoxy) is 1. The summed E-state index contributed by atoms with van der Waals surface area (Å²) in [6, 6.07) is 14.5. The lowest BCUT2D eigenvalue weighted by Crippen LogP contribution is -2.42. The number of benzene rings is 2. The Morgan fingerprint density at radius 1 is 1.19 bits per heavy atom. The molecule has 0 aliphatic carbocycles. The van der Waals surface area contributed by atoms with Gasteiger partial charge in [0.1, 0.15) is 12.4 Å². The number of nitrogens with one attached hydrogen (secondary N) is 1. The fourth-order valence-corrected chi connectivity index (χ4v) is 2.96. The van der Waals surface area contributed by atoms with Crippen LogP contribution in [0.2, 0.25) is 0 Å². The Bertz CT molecular complexity index is 815. The van der Waals surface area contributed by atoms with Crippen LogP contribution in [0.4, 0.5) is 11.4 Å². The molecule has 0 fully saturated rings. The van der Waals surface area contributed by atoms with Crippen molar-refractivity contribution in [2.75, 3.05) is 23.4 Å². The highest BCUT2D eigenvalue weighted by Crippen LogP contribution is 2.38. The van der Waals surface area contributed by atoms with E-state index in [2.05, 4.69) is 5.32 Å². The van der Waals surface area contributed by atoms with E-state index in [0.717, 1.165) is 12.1 Å². The third-order valence-electron chi connectivity index (χ3n) is 4.40. The van der Waals surface area contributed by atoms with Gasteiger partial charge in [0.05, 0.1) is 11.1 Å². The summed E-state index contributed by atoms with van der Waals surface area (Å²) in [4.78, 5) is 27.0. The molecule has 0 radical (unpaired) electrons. The quantitative estimate of drug-likeness (QED) is 0.901. The first-order chi connectivity index (χ1) is 12.4. The van der Waals surface area contributed by atoms with Crippen LogP contribution in [0.5, 0.6) is 5.75 Å². The van der Waals surface area contributed by atoms with E-state index in [1.54, 1.807) is 29.2 Å². The smallest absolute Gasteiger partial charge is 0.255 e. The van der Waals surface area contributed by atoms with E-state index in [4.69, 9.17) is 4.74 Å². The number of rotatable bonds is 4. The second-order valence-corrected chi connectivity index (χ2v) is 7.13. The molecule has 1 N–H and O–H groups in total. The van der Waals surface area contributed by atoms with Gasteiger partial charge >= 0.3 is 0 Å². The van der Waals surface area contributed by atoms with Gasteiger partial charge in [0, 0.05) is 23.9 Å². The Morgan fingerprint density at radius 2 is 1.92 bits per heavy atom. The topological polar surface area (TPSA) is 58.6 Å². The number of fused-ring (bicyclic) bond motifs is 1. The van der Waals surface area contributed by atoms with Gasteiger partial charge in [-0.15, -0.1) is 0 Å². The third kappa shape index (κ3) is 3.57. The van der Waals surface area contributed by atoms with Crippen LogP contribution in [0, 0.1) is 5.41 Å². The van der Waals surface area contributed by atoms with E-state index < -0.39 is 5.41 Å². The van der Waals surface area contributed by atoms with Crippen LogP contribution >= 0.6 is 0 Å². The molecule has 0 spiro atoms. The van der Waals surface area contributed by atoms with E-state index in [1.807, 2.05) is 45.0 Å². The summed E-state index contributed by atoms with van der Waals surface area (Å²) in [7, 11) is 0. The predicted molar refractivity (Wildman–Crippen MR) is 103 cm³/mol. The fourth-order valence-electron chi connectivity index (χ4n) is 2.96. The Balaban J connectivity index is 1.89. The molecule has 1 heterocycles. The van der Waals surface area contributed by atoms with Gasteiger partial charge < -0.3 is 15.0 Å². The van der Waals surface area contributed by atoms with Crippen LogP contribution < -0.4 is 15.0 Å². The van der Waals surface area contributed by atoms with Crippen molar-refractivity contribution in [2.24, 2.45) is 5.41 Å². The molecule has 0 aromatic heterocycles. The van der Waals surface area contributed by atoms with E-state index >= 15 is 0 Å². The highest BCUT2D eigenvalue weighted by Gasteiger charge is 2.37. The first-order valence-electron chi connectivity index (χ1n) is 8.87. The predicted octanol–water partition coefficient (Wildman–Crippen LogP) is 4.10. The van der Waals surface area contributed by atoms with Crippen molar-refractivity contribution >= 4 is 23.2 Å². The monoisotopic (exact) mass is 352 g/mol. The summed E-state index contributed by atoms with van der Waals surface area (Å²) in [5.74, 6) is 0.489. The lowest BCUT2D eigenvalue weighted by atomic mass is 9.93. The molecular weight excluding hydrogens is 328 g/mol. The maximum atomic E-state index is 12.8. The number of anilines is 2. The first-order valence-corrected chi connectivity index (χ1v) is 8.87. The average molecular weight is 352 g/mol. The number of hydrogen-bond acceptors (Lipinski definition) is 3. The van der Waals surface area contributed by atoms with Gasteiger partial charge in [0.15, 0.2) is 0 Å². The minimum absolute atomic E-state index is 0.0548. The van der Waals surface area contributed by atoms with Crippen molar-refractivity contribution in [2.45, 2.75) is 27.2 Å². The largest absolute Gasteiger partial charge is 0.490 e. The van der Waals surface area contributed by atoms with Crippen molar-refractivity contribution in [1.82, 2.24) is 0 Å². The van der Waals surface area contributed by atoms with Crippen LogP contribution in [-0.4, -0.2) is 25.0 Å².